The van der Waals surface area contributed by atoms with E-state index in [1.54, 1.807) is 33.5 Å². The molecule has 0 radical (unpaired) electrons. The van der Waals surface area contributed by atoms with Gasteiger partial charge in [0.25, 0.3) is 0 Å². The van der Waals surface area contributed by atoms with Gasteiger partial charge in [-0.05, 0) is 66.0 Å². The molecule has 1 aliphatic rings. The van der Waals surface area contributed by atoms with Crippen molar-refractivity contribution in [3.8, 4) is 28.4 Å². The maximum atomic E-state index is 13.7. The van der Waals surface area contributed by atoms with Crippen molar-refractivity contribution < 1.29 is 23.8 Å². The Bertz CT molecular complexity index is 1310. The van der Waals surface area contributed by atoms with Crippen LogP contribution in [-0.2, 0) is 16.0 Å². The number of aryl methyl sites for hydroxylation is 1. The number of fused-ring (bicyclic) bond motifs is 3. The van der Waals surface area contributed by atoms with Crippen LogP contribution in [0.3, 0.4) is 0 Å². The molecule has 0 unspecified atom stereocenters. The van der Waals surface area contributed by atoms with Crippen molar-refractivity contribution in [3.05, 3.63) is 45.6 Å². The lowest BCUT2D eigenvalue weighted by atomic mass is 9.95. The minimum absolute atomic E-state index is 0.0125. The minimum Gasteiger partial charge on any atom is -0.493 e. The molecule has 9 nitrogen and oxygen atoms in total. The third-order valence-corrected chi connectivity index (χ3v) is 7.74. The van der Waals surface area contributed by atoms with Crippen LogP contribution in [0.4, 0.5) is 5.69 Å². The second kappa shape index (κ2) is 14.2. The summed E-state index contributed by atoms with van der Waals surface area (Å²) in [6.45, 7) is 10.3. The van der Waals surface area contributed by atoms with Gasteiger partial charge in [0.1, 0.15) is 6.04 Å². The van der Waals surface area contributed by atoms with E-state index >= 15 is 0 Å². The van der Waals surface area contributed by atoms with Crippen molar-refractivity contribution >= 4 is 17.5 Å². The fraction of sp³-hybridized carbons (Fsp3) is 0.531. The van der Waals surface area contributed by atoms with E-state index in [2.05, 4.69) is 29.8 Å². The van der Waals surface area contributed by atoms with Gasteiger partial charge in [-0.25, -0.2) is 0 Å². The summed E-state index contributed by atoms with van der Waals surface area (Å²) in [5.74, 6) is 1.60. The van der Waals surface area contributed by atoms with Gasteiger partial charge < -0.3 is 30.2 Å². The standard InChI is InChI=1S/C32H45N3O6/c1-9-19(4)29(32(38)33-15-14-18(2)3)35-25-13-11-22-23(17-26(25)37)24(34-20(5)36)12-10-21-16-27(39-6)30(40-7)31(41-8)28(21)22/h11,13,16-19,24,29H,9-10,12,14-15H2,1-8H3,(H,33,38)(H,34,36)(H,35,37)/t19-,24+,29+/m1/s1. The molecule has 3 rings (SSSR count). The number of methoxy groups -OCH3 is 3. The van der Waals surface area contributed by atoms with E-state index < -0.39 is 12.1 Å². The summed E-state index contributed by atoms with van der Waals surface area (Å²) in [6.07, 6.45) is 2.81. The molecule has 2 amide bonds. The molecule has 0 heterocycles. The monoisotopic (exact) mass is 567 g/mol. The van der Waals surface area contributed by atoms with Crippen molar-refractivity contribution in [2.75, 3.05) is 33.2 Å². The number of hydrogen-bond acceptors (Lipinski definition) is 7. The Labute approximate surface area is 243 Å². The Morgan fingerprint density at radius 2 is 1.73 bits per heavy atom. The van der Waals surface area contributed by atoms with Crippen LogP contribution in [0.5, 0.6) is 17.2 Å². The van der Waals surface area contributed by atoms with Crippen molar-refractivity contribution in [3.63, 3.8) is 0 Å². The molecule has 0 bridgehead atoms. The average molecular weight is 568 g/mol. The first kappa shape index (κ1) is 31.8. The van der Waals surface area contributed by atoms with Crippen LogP contribution in [0.2, 0.25) is 0 Å². The molecular formula is C32H45N3O6. The zero-order valence-corrected chi connectivity index (χ0v) is 25.6. The number of carbonyl (C=O) groups excluding carboxylic acids is 2. The number of rotatable bonds is 12. The third-order valence-electron chi connectivity index (χ3n) is 7.74. The Morgan fingerprint density at radius 3 is 2.32 bits per heavy atom. The van der Waals surface area contributed by atoms with Gasteiger partial charge in [0.2, 0.25) is 23.0 Å². The Kier molecular flexibility index (Phi) is 11.0. The summed E-state index contributed by atoms with van der Waals surface area (Å²) >= 11 is 0. The second-order valence-electron chi connectivity index (χ2n) is 11.1. The lowest BCUT2D eigenvalue weighted by Crippen LogP contribution is -2.44. The normalized spacial score (nSPS) is 15.5. The molecule has 224 valence electrons. The molecule has 3 atom stereocenters. The summed E-state index contributed by atoms with van der Waals surface area (Å²) < 4.78 is 17.1. The lowest BCUT2D eigenvalue weighted by Gasteiger charge is -2.24. The van der Waals surface area contributed by atoms with Gasteiger partial charge >= 0.3 is 0 Å². The largest absolute Gasteiger partial charge is 0.493 e. The first-order valence-electron chi connectivity index (χ1n) is 14.4. The summed E-state index contributed by atoms with van der Waals surface area (Å²) in [6, 6.07) is 6.06. The summed E-state index contributed by atoms with van der Waals surface area (Å²) in [4.78, 5) is 39.1. The summed E-state index contributed by atoms with van der Waals surface area (Å²) in [7, 11) is 4.69. The molecule has 0 spiro atoms. The Hall–Kier alpha value is -3.75. The number of hydrogen-bond donors (Lipinski definition) is 3. The van der Waals surface area contributed by atoms with Crippen molar-refractivity contribution in [1.29, 1.82) is 0 Å². The van der Waals surface area contributed by atoms with Crippen LogP contribution in [0.25, 0.3) is 11.1 Å². The first-order chi connectivity index (χ1) is 19.6. The van der Waals surface area contributed by atoms with Gasteiger partial charge in [-0.3, -0.25) is 14.4 Å². The van der Waals surface area contributed by atoms with Gasteiger partial charge in [0, 0.05) is 19.0 Å². The van der Waals surface area contributed by atoms with E-state index in [1.807, 2.05) is 26.0 Å². The predicted molar refractivity (Wildman–Crippen MR) is 162 cm³/mol. The van der Waals surface area contributed by atoms with Gasteiger partial charge in [0.15, 0.2) is 11.5 Å². The van der Waals surface area contributed by atoms with E-state index in [0.717, 1.165) is 29.5 Å². The van der Waals surface area contributed by atoms with E-state index in [-0.39, 0.29) is 23.2 Å². The molecule has 0 aliphatic heterocycles. The fourth-order valence-electron chi connectivity index (χ4n) is 5.29. The van der Waals surface area contributed by atoms with Crippen LogP contribution in [0.15, 0.2) is 29.1 Å². The number of carbonyl (C=O) groups is 2. The SMILES string of the molecule is CC[C@@H](C)[C@H](Nc1ccc2c(cc1=O)[C@@H](NC(C)=O)CCc1cc(OC)c(OC)c(OC)c1-2)C(=O)NCCC(C)C. The van der Waals surface area contributed by atoms with Gasteiger partial charge in [-0.15, -0.1) is 0 Å². The minimum atomic E-state index is -0.584. The molecule has 9 heteroatoms. The van der Waals surface area contributed by atoms with Crippen molar-refractivity contribution in [2.45, 2.75) is 72.4 Å². The fourth-order valence-corrected chi connectivity index (χ4v) is 5.29. The van der Waals surface area contributed by atoms with Crippen molar-refractivity contribution in [1.82, 2.24) is 10.6 Å². The quantitative estimate of drug-likeness (QED) is 0.336. The Morgan fingerprint density at radius 1 is 1.02 bits per heavy atom. The highest BCUT2D eigenvalue weighted by atomic mass is 16.5. The summed E-state index contributed by atoms with van der Waals surface area (Å²) in [5.41, 5.74) is 3.17. The second-order valence-corrected chi connectivity index (χ2v) is 11.1. The highest BCUT2D eigenvalue weighted by Gasteiger charge is 2.30. The van der Waals surface area contributed by atoms with Crippen LogP contribution >= 0.6 is 0 Å². The number of amides is 2. The Balaban J connectivity index is 2.19. The molecule has 2 aromatic rings. The highest BCUT2D eigenvalue weighted by Crippen LogP contribution is 2.50. The maximum absolute atomic E-state index is 13.7. The van der Waals surface area contributed by atoms with Gasteiger partial charge in [-0.1, -0.05) is 40.2 Å². The molecule has 0 saturated heterocycles. The molecule has 0 fully saturated rings. The zero-order chi connectivity index (χ0) is 30.3. The molecule has 0 saturated carbocycles. The van der Waals surface area contributed by atoms with Crippen LogP contribution in [0.1, 0.15) is 71.0 Å². The number of ether oxygens (including phenoxy) is 3. The van der Waals surface area contributed by atoms with Crippen molar-refractivity contribution in [2.24, 2.45) is 11.8 Å². The van der Waals surface area contributed by atoms with Crippen LogP contribution in [0, 0.1) is 11.8 Å². The molecule has 3 N–H and O–H groups in total. The number of nitrogens with one attached hydrogen (secondary N) is 3. The lowest BCUT2D eigenvalue weighted by molar-refractivity contribution is -0.123. The first-order valence-corrected chi connectivity index (χ1v) is 14.4. The van der Waals surface area contributed by atoms with Gasteiger partial charge in [-0.2, -0.15) is 0 Å². The number of benzene rings is 1. The third kappa shape index (κ3) is 7.31. The molecular weight excluding hydrogens is 522 g/mol. The number of anilines is 1. The molecule has 2 aromatic carbocycles. The van der Waals surface area contributed by atoms with Crippen LogP contribution < -0.4 is 35.6 Å². The molecule has 0 aromatic heterocycles. The highest BCUT2D eigenvalue weighted by molar-refractivity contribution is 5.86. The van der Waals surface area contributed by atoms with E-state index in [9.17, 15) is 14.4 Å². The van der Waals surface area contributed by atoms with E-state index in [0.29, 0.717) is 53.8 Å². The van der Waals surface area contributed by atoms with Crippen LogP contribution in [-0.4, -0.2) is 45.7 Å². The topological polar surface area (TPSA) is 115 Å². The predicted octanol–water partition coefficient (Wildman–Crippen LogP) is 4.85. The smallest absolute Gasteiger partial charge is 0.242 e. The average Bonchev–Trinajstić information content (AvgIpc) is 3.18. The molecule has 1 aliphatic carbocycles. The zero-order valence-electron chi connectivity index (χ0n) is 25.6. The van der Waals surface area contributed by atoms with E-state index in [1.165, 1.54) is 6.92 Å². The summed E-state index contributed by atoms with van der Waals surface area (Å²) in [5, 5.41) is 9.30. The maximum Gasteiger partial charge on any atom is 0.242 e. The van der Waals surface area contributed by atoms with Gasteiger partial charge in [0.05, 0.1) is 33.1 Å². The van der Waals surface area contributed by atoms with E-state index in [4.69, 9.17) is 14.2 Å². The molecule has 41 heavy (non-hydrogen) atoms.